The zero-order valence-corrected chi connectivity index (χ0v) is 12.7. The molecule has 2 saturated heterocycles. The number of benzene rings is 1. The Morgan fingerprint density at radius 1 is 1.21 bits per heavy atom. The topological polar surface area (TPSA) is 15.3 Å². The largest absolute Gasteiger partial charge is 0.310 e. The minimum atomic E-state index is 0.353. The molecule has 0 spiro atoms. The maximum atomic E-state index is 6.34. The molecule has 2 bridgehead atoms. The van der Waals surface area contributed by atoms with Gasteiger partial charge in [-0.3, -0.25) is 4.90 Å². The van der Waals surface area contributed by atoms with Crippen molar-refractivity contribution in [3.8, 4) is 0 Å². The Morgan fingerprint density at radius 2 is 2.00 bits per heavy atom. The van der Waals surface area contributed by atoms with E-state index in [9.17, 15) is 0 Å². The monoisotopic (exact) mass is 298 g/mol. The molecule has 0 aromatic heterocycles. The Kier molecular flexibility index (Phi) is 4.04. The molecule has 4 heteroatoms. The first-order valence-corrected chi connectivity index (χ1v) is 7.84. The predicted octanol–water partition coefficient (Wildman–Crippen LogP) is 3.88. The van der Waals surface area contributed by atoms with Gasteiger partial charge in [0.2, 0.25) is 0 Å². The number of rotatable bonds is 2. The molecular formula is C15H20Cl2N2. The second-order valence-corrected chi connectivity index (χ2v) is 6.61. The van der Waals surface area contributed by atoms with E-state index in [1.165, 1.54) is 24.8 Å². The fraction of sp³-hybridized carbons (Fsp3) is 0.600. The first kappa shape index (κ1) is 13.7. The number of likely N-dealkylation sites (tertiary alicyclic amines) is 1. The van der Waals surface area contributed by atoms with Crippen molar-refractivity contribution >= 4 is 23.2 Å². The molecular weight excluding hydrogens is 279 g/mol. The second-order valence-electron chi connectivity index (χ2n) is 5.76. The smallest absolute Gasteiger partial charge is 0.0468 e. The van der Waals surface area contributed by atoms with Crippen LogP contribution < -0.4 is 5.32 Å². The summed E-state index contributed by atoms with van der Waals surface area (Å²) >= 11 is 12.3. The van der Waals surface area contributed by atoms with Crippen LogP contribution in [0, 0.1) is 0 Å². The Bertz CT molecular complexity index is 463. The quantitative estimate of drug-likeness (QED) is 0.891. The first-order valence-electron chi connectivity index (χ1n) is 7.08. The molecule has 2 aliphatic rings. The fourth-order valence-corrected chi connectivity index (χ4v) is 3.93. The van der Waals surface area contributed by atoms with Crippen molar-refractivity contribution in [3.05, 3.63) is 33.8 Å². The SMILES string of the molecule is CC(c1ccc(Cl)cc1Cl)N1CCC2CCC(C1)N2. The summed E-state index contributed by atoms with van der Waals surface area (Å²) in [6.45, 7) is 4.51. The predicted molar refractivity (Wildman–Crippen MR) is 81.0 cm³/mol. The third kappa shape index (κ3) is 2.92. The summed E-state index contributed by atoms with van der Waals surface area (Å²) in [6, 6.07) is 7.57. The Labute approximate surface area is 125 Å². The molecule has 3 unspecified atom stereocenters. The normalized spacial score (nSPS) is 29.2. The number of hydrogen-bond donors (Lipinski definition) is 1. The zero-order chi connectivity index (χ0) is 13.4. The van der Waals surface area contributed by atoms with Gasteiger partial charge in [0.1, 0.15) is 0 Å². The minimum Gasteiger partial charge on any atom is -0.310 e. The van der Waals surface area contributed by atoms with E-state index in [1.807, 2.05) is 12.1 Å². The fourth-order valence-electron chi connectivity index (χ4n) is 3.36. The number of nitrogens with one attached hydrogen (secondary N) is 1. The molecule has 0 saturated carbocycles. The van der Waals surface area contributed by atoms with E-state index in [-0.39, 0.29) is 0 Å². The van der Waals surface area contributed by atoms with Gasteiger partial charge in [0.05, 0.1) is 0 Å². The van der Waals surface area contributed by atoms with E-state index in [0.717, 1.165) is 24.2 Å². The molecule has 1 N–H and O–H groups in total. The molecule has 0 amide bonds. The van der Waals surface area contributed by atoms with Crippen molar-refractivity contribution in [1.82, 2.24) is 10.2 Å². The number of nitrogens with zero attached hydrogens (tertiary/aromatic N) is 1. The van der Waals surface area contributed by atoms with Gasteiger partial charge in [0, 0.05) is 41.3 Å². The molecule has 0 radical (unpaired) electrons. The van der Waals surface area contributed by atoms with E-state index in [0.29, 0.717) is 17.1 Å². The van der Waals surface area contributed by atoms with Crippen molar-refractivity contribution in [1.29, 1.82) is 0 Å². The number of halogens is 2. The van der Waals surface area contributed by atoms with Gasteiger partial charge in [-0.25, -0.2) is 0 Å². The summed E-state index contributed by atoms with van der Waals surface area (Å²) < 4.78 is 0. The molecule has 3 atom stereocenters. The van der Waals surface area contributed by atoms with Crippen LogP contribution in [-0.2, 0) is 0 Å². The van der Waals surface area contributed by atoms with Gasteiger partial charge in [0.25, 0.3) is 0 Å². The van der Waals surface area contributed by atoms with Crippen LogP contribution in [0.3, 0.4) is 0 Å². The minimum absolute atomic E-state index is 0.353. The third-order valence-corrected chi connectivity index (χ3v) is 5.08. The number of fused-ring (bicyclic) bond motifs is 2. The van der Waals surface area contributed by atoms with Crippen LogP contribution in [0.1, 0.15) is 37.8 Å². The summed E-state index contributed by atoms with van der Waals surface area (Å²) in [6.07, 6.45) is 3.89. The van der Waals surface area contributed by atoms with Crippen molar-refractivity contribution in [2.45, 2.75) is 44.3 Å². The summed E-state index contributed by atoms with van der Waals surface area (Å²) in [4.78, 5) is 2.55. The van der Waals surface area contributed by atoms with E-state index >= 15 is 0 Å². The standard InChI is InChI=1S/C15H20Cl2N2/c1-10(14-5-2-11(16)8-15(14)17)19-7-6-12-3-4-13(9-19)18-12/h2,5,8,10,12-13,18H,3-4,6-7,9H2,1H3. The highest BCUT2D eigenvalue weighted by Gasteiger charge is 2.31. The maximum absolute atomic E-state index is 6.34. The summed E-state index contributed by atoms with van der Waals surface area (Å²) in [5.74, 6) is 0. The van der Waals surface area contributed by atoms with Gasteiger partial charge in [-0.1, -0.05) is 29.3 Å². The van der Waals surface area contributed by atoms with Crippen molar-refractivity contribution < 1.29 is 0 Å². The van der Waals surface area contributed by atoms with Crippen molar-refractivity contribution in [2.24, 2.45) is 0 Å². The summed E-state index contributed by atoms with van der Waals surface area (Å²) in [7, 11) is 0. The van der Waals surface area contributed by atoms with Gasteiger partial charge in [0.15, 0.2) is 0 Å². The van der Waals surface area contributed by atoms with Crippen LogP contribution >= 0.6 is 23.2 Å². The van der Waals surface area contributed by atoms with E-state index < -0.39 is 0 Å². The van der Waals surface area contributed by atoms with Crippen LogP contribution in [0.4, 0.5) is 0 Å². The molecule has 19 heavy (non-hydrogen) atoms. The Hall–Kier alpha value is -0.280. The second kappa shape index (κ2) is 5.61. The van der Waals surface area contributed by atoms with Crippen LogP contribution in [0.25, 0.3) is 0 Å². The van der Waals surface area contributed by atoms with Crippen molar-refractivity contribution in [2.75, 3.05) is 13.1 Å². The average Bonchev–Trinajstić information content (AvgIpc) is 2.68. The molecule has 1 aromatic carbocycles. The summed E-state index contributed by atoms with van der Waals surface area (Å²) in [5, 5.41) is 5.20. The molecule has 104 valence electrons. The zero-order valence-electron chi connectivity index (χ0n) is 11.2. The molecule has 2 heterocycles. The number of hydrogen-bond acceptors (Lipinski definition) is 2. The lowest BCUT2D eigenvalue weighted by Gasteiger charge is -2.31. The molecule has 2 fully saturated rings. The van der Waals surface area contributed by atoms with E-state index in [1.54, 1.807) is 0 Å². The van der Waals surface area contributed by atoms with Gasteiger partial charge < -0.3 is 5.32 Å². The van der Waals surface area contributed by atoms with Crippen LogP contribution in [0.5, 0.6) is 0 Å². The molecule has 2 aliphatic heterocycles. The van der Waals surface area contributed by atoms with Gasteiger partial charge in [-0.05, 0) is 43.9 Å². The lowest BCUT2D eigenvalue weighted by atomic mass is 10.0. The van der Waals surface area contributed by atoms with Crippen LogP contribution in [0.2, 0.25) is 10.0 Å². The maximum Gasteiger partial charge on any atom is 0.0468 e. The highest BCUT2D eigenvalue weighted by Crippen LogP contribution is 2.32. The van der Waals surface area contributed by atoms with E-state index in [4.69, 9.17) is 23.2 Å². The van der Waals surface area contributed by atoms with Crippen LogP contribution in [-0.4, -0.2) is 30.1 Å². The van der Waals surface area contributed by atoms with Crippen molar-refractivity contribution in [3.63, 3.8) is 0 Å². The molecule has 0 aliphatic carbocycles. The third-order valence-electron chi connectivity index (χ3n) is 4.51. The average molecular weight is 299 g/mol. The van der Waals surface area contributed by atoms with Gasteiger partial charge in [-0.2, -0.15) is 0 Å². The molecule has 2 nitrogen and oxygen atoms in total. The molecule has 1 aromatic rings. The highest BCUT2D eigenvalue weighted by molar-refractivity contribution is 6.35. The first-order chi connectivity index (χ1) is 9.13. The lowest BCUT2D eigenvalue weighted by Crippen LogP contribution is -2.36. The van der Waals surface area contributed by atoms with Crippen LogP contribution in [0.15, 0.2) is 18.2 Å². The lowest BCUT2D eigenvalue weighted by molar-refractivity contribution is 0.200. The van der Waals surface area contributed by atoms with Gasteiger partial charge in [-0.15, -0.1) is 0 Å². The Balaban J connectivity index is 1.77. The summed E-state index contributed by atoms with van der Waals surface area (Å²) in [5.41, 5.74) is 1.18. The van der Waals surface area contributed by atoms with Gasteiger partial charge >= 0.3 is 0 Å². The van der Waals surface area contributed by atoms with E-state index in [2.05, 4.69) is 23.2 Å². The Morgan fingerprint density at radius 3 is 2.79 bits per heavy atom. The molecule has 3 rings (SSSR count). The highest BCUT2D eigenvalue weighted by atomic mass is 35.5.